The summed E-state index contributed by atoms with van der Waals surface area (Å²) >= 11 is 13.1. The number of carbonyl (C=O) groups is 2. The second kappa shape index (κ2) is 16.1. The van der Waals surface area contributed by atoms with Gasteiger partial charge < -0.3 is 15.0 Å². The lowest BCUT2D eigenvalue weighted by atomic mass is 10.0. The van der Waals surface area contributed by atoms with E-state index in [1.54, 1.807) is 18.2 Å². The summed E-state index contributed by atoms with van der Waals surface area (Å²) in [4.78, 5) is 29.7. The predicted octanol–water partition coefficient (Wildman–Crippen LogP) is 6.89. The normalized spacial score (nSPS) is 12.6. The van der Waals surface area contributed by atoms with Gasteiger partial charge in [0.05, 0.1) is 17.7 Å². The van der Waals surface area contributed by atoms with E-state index in [0.717, 1.165) is 22.0 Å². The number of rotatable bonds is 14. The van der Waals surface area contributed by atoms with Crippen molar-refractivity contribution in [1.29, 1.82) is 0 Å². The van der Waals surface area contributed by atoms with Gasteiger partial charge in [-0.2, -0.15) is 0 Å². The fraction of sp³-hybridized carbons (Fsp3) is 0.257. The minimum absolute atomic E-state index is 0.0509. The van der Waals surface area contributed by atoms with E-state index in [-0.39, 0.29) is 39.6 Å². The third-order valence-corrected chi connectivity index (χ3v) is 10.2. The van der Waals surface area contributed by atoms with Gasteiger partial charge >= 0.3 is 0 Å². The van der Waals surface area contributed by atoms with Crippen molar-refractivity contribution in [2.75, 3.05) is 18.0 Å². The molecule has 248 valence electrons. The van der Waals surface area contributed by atoms with Crippen LogP contribution in [0.3, 0.4) is 0 Å². The summed E-state index contributed by atoms with van der Waals surface area (Å²) in [6.07, 6.45) is 0.769. The highest BCUT2D eigenvalue weighted by atomic mass is 35.5. The Morgan fingerprint density at radius 1 is 0.894 bits per heavy atom. The molecule has 0 aliphatic carbocycles. The minimum atomic E-state index is -4.38. The maximum atomic E-state index is 14.6. The average molecular weight is 701 g/mol. The Kier molecular flexibility index (Phi) is 12.3. The van der Waals surface area contributed by atoms with Gasteiger partial charge in [0.15, 0.2) is 0 Å². The van der Waals surface area contributed by atoms with E-state index < -0.39 is 40.2 Å². The van der Waals surface area contributed by atoms with Crippen LogP contribution in [-0.2, 0) is 32.6 Å². The van der Waals surface area contributed by atoms with Crippen molar-refractivity contribution in [3.8, 4) is 5.75 Å². The maximum Gasteiger partial charge on any atom is 0.264 e. The lowest BCUT2D eigenvalue weighted by Crippen LogP contribution is -2.54. The van der Waals surface area contributed by atoms with Gasteiger partial charge in [0, 0.05) is 34.6 Å². The summed E-state index contributed by atoms with van der Waals surface area (Å²) in [5.74, 6) is -1.28. The van der Waals surface area contributed by atoms with E-state index in [0.29, 0.717) is 17.7 Å². The van der Waals surface area contributed by atoms with Crippen LogP contribution in [0.4, 0.5) is 10.1 Å². The first-order chi connectivity index (χ1) is 22.4. The summed E-state index contributed by atoms with van der Waals surface area (Å²) < 4.78 is 48.3. The summed E-state index contributed by atoms with van der Waals surface area (Å²) in [6.45, 7) is 2.87. The molecule has 8 nitrogen and oxygen atoms in total. The Morgan fingerprint density at radius 3 is 2.09 bits per heavy atom. The Labute approximate surface area is 285 Å². The quantitative estimate of drug-likeness (QED) is 0.155. The number of hydrogen-bond acceptors (Lipinski definition) is 5. The molecule has 0 fully saturated rings. The van der Waals surface area contributed by atoms with Gasteiger partial charge in [-0.3, -0.25) is 13.9 Å². The highest BCUT2D eigenvalue weighted by molar-refractivity contribution is 7.92. The zero-order valence-electron chi connectivity index (χ0n) is 26.2. The van der Waals surface area contributed by atoms with Gasteiger partial charge in [-0.25, -0.2) is 12.8 Å². The Hall–Kier alpha value is -4.12. The second-order valence-corrected chi connectivity index (χ2v) is 13.6. The molecule has 47 heavy (non-hydrogen) atoms. The fourth-order valence-corrected chi connectivity index (χ4v) is 6.79. The van der Waals surface area contributed by atoms with E-state index in [9.17, 15) is 22.4 Å². The van der Waals surface area contributed by atoms with E-state index >= 15 is 0 Å². The number of amides is 2. The fourth-order valence-electron chi connectivity index (χ4n) is 4.86. The van der Waals surface area contributed by atoms with E-state index in [1.807, 2.05) is 44.2 Å². The molecule has 0 aliphatic heterocycles. The number of halogens is 3. The molecular weight excluding hydrogens is 664 g/mol. The van der Waals surface area contributed by atoms with Crippen molar-refractivity contribution in [1.82, 2.24) is 10.2 Å². The van der Waals surface area contributed by atoms with Crippen molar-refractivity contribution in [2.45, 2.75) is 50.2 Å². The van der Waals surface area contributed by atoms with E-state index in [4.69, 9.17) is 27.9 Å². The molecule has 0 aromatic heterocycles. The van der Waals surface area contributed by atoms with E-state index in [2.05, 4.69) is 5.32 Å². The van der Waals surface area contributed by atoms with Crippen LogP contribution in [-0.4, -0.2) is 50.9 Å². The number of methoxy groups -OCH3 is 1. The molecule has 4 aromatic carbocycles. The smallest absolute Gasteiger partial charge is 0.264 e. The standard InChI is InChI=1S/C35H36Cl2FN3O5S/c1-4-24(2)39-35(43)33(21-25-9-6-5-7-10-25)40(22-30-31(36)11-8-12-32(30)37)34(42)23-41(27-15-13-26(38)14-16-27)47(44,45)29-19-17-28(46-3)18-20-29/h5-20,24,33H,4,21-23H2,1-3H3,(H,39,43)/t24-,33-/m1/s1. The number of sulfonamides is 1. The van der Waals surface area contributed by atoms with Gasteiger partial charge in [-0.05, 0) is 79.6 Å². The molecule has 0 spiro atoms. The highest BCUT2D eigenvalue weighted by Crippen LogP contribution is 2.29. The van der Waals surface area contributed by atoms with Crippen LogP contribution in [0, 0.1) is 5.82 Å². The Bertz CT molecular complexity index is 1760. The van der Waals surface area contributed by atoms with Crippen LogP contribution < -0.4 is 14.4 Å². The van der Waals surface area contributed by atoms with Crippen molar-refractivity contribution >= 4 is 50.7 Å². The van der Waals surface area contributed by atoms with Crippen LogP contribution in [0.2, 0.25) is 10.0 Å². The number of ether oxygens (including phenoxy) is 1. The summed E-state index contributed by atoms with van der Waals surface area (Å²) in [6, 6.07) is 23.2. The largest absolute Gasteiger partial charge is 0.497 e. The molecule has 4 aromatic rings. The number of nitrogens with zero attached hydrogens (tertiary/aromatic N) is 2. The monoisotopic (exact) mass is 699 g/mol. The van der Waals surface area contributed by atoms with Crippen molar-refractivity contribution in [2.24, 2.45) is 0 Å². The van der Waals surface area contributed by atoms with Gasteiger partial charge in [-0.15, -0.1) is 0 Å². The minimum Gasteiger partial charge on any atom is -0.497 e. The van der Waals surface area contributed by atoms with E-state index in [1.165, 1.54) is 48.4 Å². The van der Waals surface area contributed by atoms with Crippen molar-refractivity contribution < 1.29 is 27.1 Å². The molecule has 0 unspecified atom stereocenters. The Balaban J connectivity index is 1.84. The number of benzene rings is 4. The molecule has 2 amide bonds. The van der Waals surface area contributed by atoms with Crippen LogP contribution in [0.5, 0.6) is 5.75 Å². The Morgan fingerprint density at radius 2 is 1.51 bits per heavy atom. The lowest BCUT2D eigenvalue weighted by Gasteiger charge is -2.34. The van der Waals surface area contributed by atoms with Crippen LogP contribution in [0.25, 0.3) is 0 Å². The van der Waals surface area contributed by atoms with Gasteiger partial charge in [0.1, 0.15) is 24.2 Å². The molecular formula is C35H36Cl2FN3O5S. The van der Waals surface area contributed by atoms with Crippen molar-refractivity contribution in [3.05, 3.63) is 124 Å². The number of hydrogen-bond donors (Lipinski definition) is 1. The molecule has 0 heterocycles. The number of nitrogens with one attached hydrogen (secondary N) is 1. The summed E-state index contributed by atoms with van der Waals surface area (Å²) in [5, 5.41) is 3.52. The molecule has 1 N–H and O–H groups in total. The zero-order valence-corrected chi connectivity index (χ0v) is 28.5. The third kappa shape index (κ3) is 9.03. The molecule has 0 saturated heterocycles. The molecule has 12 heteroatoms. The van der Waals surface area contributed by atoms with Crippen LogP contribution in [0.15, 0.2) is 102 Å². The van der Waals surface area contributed by atoms with Gasteiger partial charge in [0.2, 0.25) is 11.8 Å². The summed E-state index contributed by atoms with van der Waals surface area (Å²) in [7, 11) is -2.93. The third-order valence-electron chi connectivity index (χ3n) is 7.70. The summed E-state index contributed by atoms with van der Waals surface area (Å²) in [5.41, 5.74) is 1.22. The first-order valence-electron chi connectivity index (χ1n) is 14.9. The molecule has 2 atom stereocenters. The maximum absolute atomic E-state index is 14.6. The molecule has 0 bridgehead atoms. The van der Waals surface area contributed by atoms with Crippen LogP contribution in [0.1, 0.15) is 31.4 Å². The SMILES string of the molecule is CC[C@@H](C)NC(=O)[C@@H](Cc1ccccc1)N(Cc1c(Cl)cccc1Cl)C(=O)CN(c1ccc(F)cc1)S(=O)(=O)c1ccc(OC)cc1. The number of anilines is 1. The van der Waals surface area contributed by atoms with Crippen LogP contribution >= 0.6 is 23.2 Å². The topological polar surface area (TPSA) is 96.0 Å². The molecule has 0 saturated carbocycles. The van der Waals surface area contributed by atoms with Gasteiger partial charge in [-0.1, -0.05) is 66.5 Å². The average Bonchev–Trinajstić information content (AvgIpc) is 3.07. The number of carbonyl (C=O) groups excluding carboxylic acids is 2. The van der Waals surface area contributed by atoms with Crippen molar-refractivity contribution in [3.63, 3.8) is 0 Å². The molecule has 0 radical (unpaired) electrons. The molecule has 4 rings (SSSR count). The first-order valence-corrected chi connectivity index (χ1v) is 17.1. The zero-order chi connectivity index (χ0) is 34.1. The molecule has 0 aliphatic rings. The first kappa shape index (κ1) is 35.7. The second-order valence-electron chi connectivity index (χ2n) is 10.9. The lowest BCUT2D eigenvalue weighted by molar-refractivity contribution is -0.140. The van der Waals surface area contributed by atoms with Gasteiger partial charge in [0.25, 0.3) is 10.0 Å². The predicted molar refractivity (Wildman–Crippen MR) is 183 cm³/mol. The highest BCUT2D eigenvalue weighted by Gasteiger charge is 2.35.